The number of hydrogen-bond acceptors (Lipinski definition) is 3. The van der Waals surface area contributed by atoms with Crippen molar-refractivity contribution < 1.29 is 35.9 Å². The lowest BCUT2D eigenvalue weighted by Gasteiger charge is -2.17. The Hall–Kier alpha value is -1.51. The van der Waals surface area contributed by atoms with Crippen molar-refractivity contribution in [2.45, 2.75) is 18.4 Å². The van der Waals surface area contributed by atoms with Crippen molar-refractivity contribution in [1.82, 2.24) is 4.98 Å². The summed E-state index contributed by atoms with van der Waals surface area (Å²) in [6.07, 6.45) is -10.6. The highest BCUT2D eigenvalue weighted by Crippen LogP contribution is 2.39. The van der Waals surface area contributed by atoms with Gasteiger partial charge in [-0.15, -0.1) is 24.8 Å². The van der Waals surface area contributed by atoms with Crippen LogP contribution in [0.25, 0.3) is 0 Å². The molecule has 0 spiro atoms. The van der Waals surface area contributed by atoms with Crippen LogP contribution in [0.3, 0.4) is 0 Å². The molecule has 0 saturated heterocycles. The van der Waals surface area contributed by atoms with Gasteiger partial charge in [-0.3, -0.25) is 4.79 Å². The Labute approximate surface area is 107 Å². The fraction of sp³-hybridized carbons (Fsp3) is 0.333. The highest BCUT2D eigenvalue weighted by atomic mass is 35.5. The number of hydrogen-bond donors (Lipinski definition) is 0. The van der Waals surface area contributed by atoms with E-state index in [2.05, 4.69) is 9.72 Å². The van der Waals surface area contributed by atoms with Gasteiger partial charge in [-0.25, -0.2) is 4.98 Å². The first-order chi connectivity index (χ1) is 8.58. The van der Waals surface area contributed by atoms with Crippen LogP contribution in [0, 0.1) is 0 Å². The number of aldehydes is 1. The maximum absolute atomic E-state index is 12.6. The molecule has 0 atom stereocenters. The van der Waals surface area contributed by atoms with E-state index >= 15 is 0 Å². The molecule has 0 unspecified atom stereocenters. The van der Waals surface area contributed by atoms with Gasteiger partial charge in [0.15, 0.2) is 17.7 Å². The standard InChI is InChI=1S/C9H4ClF6NO2/c10-2-4-1-5(3-18)17-7(8(11,12)13)6(4)19-9(14,15)16/h1,3H,2H2. The Balaban J connectivity index is 3.51. The summed E-state index contributed by atoms with van der Waals surface area (Å²) in [5, 5.41) is 0. The first-order valence-corrected chi connectivity index (χ1v) is 5.00. The van der Waals surface area contributed by atoms with Crippen molar-refractivity contribution in [2.75, 3.05) is 0 Å². The molecule has 0 aliphatic heterocycles. The zero-order valence-corrected chi connectivity index (χ0v) is 9.53. The lowest BCUT2D eigenvalue weighted by Crippen LogP contribution is -2.22. The Morgan fingerprint density at radius 1 is 1.26 bits per heavy atom. The average molecular weight is 308 g/mol. The molecule has 1 heterocycles. The molecule has 0 N–H and O–H groups in total. The van der Waals surface area contributed by atoms with Crippen molar-refractivity contribution in [3.63, 3.8) is 0 Å². The van der Waals surface area contributed by atoms with Gasteiger partial charge in [0.1, 0.15) is 5.69 Å². The number of carbonyl (C=O) groups excluding carboxylic acids is 1. The minimum absolute atomic E-state index is 0.0390. The molecule has 0 aliphatic carbocycles. The first kappa shape index (κ1) is 15.5. The molecule has 10 heteroatoms. The van der Waals surface area contributed by atoms with Gasteiger partial charge in [0.2, 0.25) is 0 Å². The number of ether oxygens (including phenoxy) is 1. The third kappa shape index (κ3) is 3.98. The number of rotatable bonds is 3. The molecule has 0 aliphatic rings. The van der Waals surface area contributed by atoms with E-state index in [4.69, 9.17) is 11.6 Å². The van der Waals surface area contributed by atoms with Crippen molar-refractivity contribution in [3.05, 3.63) is 23.0 Å². The van der Waals surface area contributed by atoms with Crippen molar-refractivity contribution in [3.8, 4) is 5.75 Å². The van der Waals surface area contributed by atoms with Gasteiger partial charge >= 0.3 is 12.5 Å². The molecule has 1 aromatic rings. The monoisotopic (exact) mass is 307 g/mol. The Morgan fingerprint density at radius 2 is 1.84 bits per heavy atom. The van der Waals surface area contributed by atoms with E-state index in [1.54, 1.807) is 0 Å². The molecule has 1 rings (SSSR count). The molecular weight excluding hydrogens is 304 g/mol. The molecule has 0 amide bonds. The fourth-order valence-electron chi connectivity index (χ4n) is 1.19. The Bertz CT molecular complexity index is 485. The molecule has 0 radical (unpaired) electrons. The van der Waals surface area contributed by atoms with Crippen LogP contribution in [0.4, 0.5) is 26.3 Å². The SMILES string of the molecule is O=Cc1cc(CCl)c(OC(F)(F)F)c(C(F)(F)F)n1. The van der Waals surface area contributed by atoms with E-state index in [1.807, 2.05) is 0 Å². The number of halogens is 7. The van der Waals surface area contributed by atoms with Crippen molar-refractivity contribution in [1.29, 1.82) is 0 Å². The van der Waals surface area contributed by atoms with Gasteiger partial charge in [-0.05, 0) is 6.07 Å². The van der Waals surface area contributed by atoms with Crippen LogP contribution < -0.4 is 4.74 Å². The summed E-state index contributed by atoms with van der Waals surface area (Å²) in [5.41, 5.74) is -3.29. The normalized spacial score (nSPS) is 12.4. The van der Waals surface area contributed by atoms with Crippen LogP contribution in [0.2, 0.25) is 0 Å². The number of aromatic nitrogens is 1. The minimum Gasteiger partial charge on any atom is -0.403 e. The minimum atomic E-state index is -5.34. The smallest absolute Gasteiger partial charge is 0.403 e. The van der Waals surface area contributed by atoms with Gasteiger partial charge in [-0.1, -0.05) is 0 Å². The highest BCUT2D eigenvalue weighted by molar-refractivity contribution is 6.17. The zero-order chi connectivity index (χ0) is 14.8. The van der Waals surface area contributed by atoms with Crippen LogP contribution in [-0.2, 0) is 12.1 Å². The highest BCUT2D eigenvalue weighted by Gasteiger charge is 2.42. The van der Waals surface area contributed by atoms with E-state index in [-0.39, 0.29) is 6.29 Å². The predicted molar refractivity (Wildman–Crippen MR) is 50.9 cm³/mol. The van der Waals surface area contributed by atoms with Crippen LogP contribution >= 0.6 is 11.6 Å². The van der Waals surface area contributed by atoms with Gasteiger partial charge in [0, 0.05) is 5.56 Å². The average Bonchev–Trinajstić information content (AvgIpc) is 2.25. The predicted octanol–water partition coefficient (Wildman–Crippen LogP) is 3.55. The van der Waals surface area contributed by atoms with E-state index < -0.39 is 41.1 Å². The molecule has 0 fully saturated rings. The number of alkyl halides is 7. The Morgan fingerprint density at radius 3 is 2.21 bits per heavy atom. The summed E-state index contributed by atoms with van der Waals surface area (Å²) in [4.78, 5) is 13.2. The topological polar surface area (TPSA) is 39.2 Å². The van der Waals surface area contributed by atoms with Crippen LogP contribution in [0.1, 0.15) is 21.7 Å². The Kier molecular flexibility index (Phi) is 4.28. The van der Waals surface area contributed by atoms with E-state index in [0.717, 1.165) is 0 Å². The first-order valence-electron chi connectivity index (χ1n) is 4.46. The maximum Gasteiger partial charge on any atom is 0.573 e. The van der Waals surface area contributed by atoms with Gasteiger partial charge < -0.3 is 4.74 Å². The third-order valence-corrected chi connectivity index (χ3v) is 2.11. The maximum atomic E-state index is 12.6. The van der Waals surface area contributed by atoms with Crippen molar-refractivity contribution >= 4 is 17.9 Å². The number of pyridine rings is 1. The summed E-state index contributed by atoms with van der Waals surface area (Å²) in [5.74, 6) is -2.27. The summed E-state index contributed by atoms with van der Waals surface area (Å²) >= 11 is 5.25. The second-order valence-electron chi connectivity index (χ2n) is 3.18. The van der Waals surface area contributed by atoms with Crippen LogP contribution in [0.5, 0.6) is 5.75 Å². The summed E-state index contributed by atoms with van der Waals surface area (Å²) in [7, 11) is 0. The molecule has 19 heavy (non-hydrogen) atoms. The fourth-order valence-corrected chi connectivity index (χ4v) is 1.39. The summed E-state index contributed by atoms with van der Waals surface area (Å²) in [6.45, 7) is 0. The van der Waals surface area contributed by atoms with Crippen LogP contribution in [-0.4, -0.2) is 17.6 Å². The summed E-state index contributed by atoms with van der Waals surface area (Å²) < 4.78 is 77.3. The van der Waals surface area contributed by atoms with E-state index in [1.165, 1.54) is 0 Å². The molecule has 0 saturated carbocycles. The second-order valence-corrected chi connectivity index (χ2v) is 3.45. The van der Waals surface area contributed by atoms with E-state index in [9.17, 15) is 31.1 Å². The molecule has 1 aromatic heterocycles. The third-order valence-electron chi connectivity index (χ3n) is 1.82. The molecule has 3 nitrogen and oxygen atoms in total. The lowest BCUT2D eigenvalue weighted by atomic mass is 10.2. The molecule has 0 bridgehead atoms. The van der Waals surface area contributed by atoms with Crippen molar-refractivity contribution in [2.24, 2.45) is 0 Å². The molecular formula is C9H4ClF6NO2. The summed E-state index contributed by atoms with van der Waals surface area (Å²) in [6, 6.07) is 0.691. The number of carbonyl (C=O) groups is 1. The number of nitrogens with zero attached hydrogens (tertiary/aromatic N) is 1. The molecule has 106 valence electrons. The van der Waals surface area contributed by atoms with E-state index in [0.29, 0.717) is 6.07 Å². The van der Waals surface area contributed by atoms with Gasteiger partial charge in [-0.2, -0.15) is 13.2 Å². The zero-order valence-electron chi connectivity index (χ0n) is 8.77. The van der Waals surface area contributed by atoms with Crippen LogP contribution in [0.15, 0.2) is 6.07 Å². The second kappa shape index (κ2) is 5.24. The lowest BCUT2D eigenvalue weighted by molar-refractivity contribution is -0.276. The van der Waals surface area contributed by atoms with Gasteiger partial charge in [0.05, 0.1) is 5.88 Å². The largest absolute Gasteiger partial charge is 0.573 e. The quantitative estimate of drug-likeness (QED) is 0.487. The van der Waals surface area contributed by atoms with Gasteiger partial charge in [0.25, 0.3) is 0 Å². The molecule has 0 aromatic carbocycles.